The maximum absolute atomic E-state index is 5.22. The zero-order valence-electron chi connectivity index (χ0n) is 4.23. The van der Waals surface area contributed by atoms with Crippen molar-refractivity contribution in [2.75, 3.05) is 7.05 Å². The van der Waals surface area contributed by atoms with Gasteiger partial charge in [-0.15, -0.1) is 0 Å². The molecule has 0 aliphatic rings. The minimum atomic E-state index is 0.718. The summed E-state index contributed by atoms with van der Waals surface area (Å²) in [5.74, 6) is 0.718. The van der Waals surface area contributed by atoms with E-state index in [1.165, 1.54) is 0 Å². The molecule has 6 heavy (non-hydrogen) atoms. The van der Waals surface area contributed by atoms with Crippen molar-refractivity contribution >= 4 is 5.84 Å². The summed E-state index contributed by atoms with van der Waals surface area (Å²) in [7, 11) is 1.69. The van der Waals surface area contributed by atoms with Crippen LogP contribution in [-0.4, -0.2) is 12.9 Å². The van der Waals surface area contributed by atoms with Gasteiger partial charge in [0, 0.05) is 13.5 Å². The van der Waals surface area contributed by atoms with Crippen LogP contribution in [0.15, 0.2) is 4.99 Å². The maximum atomic E-state index is 5.22. The van der Waals surface area contributed by atoms with Gasteiger partial charge >= 0.3 is 0 Å². The molecule has 0 unspecified atom stereocenters. The number of aliphatic imine (C=N–C) groups is 1. The quantitative estimate of drug-likeness (QED) is 0.363. The van der Waals surface area contributed by atoms with Gasteiger partial charge in [-0.25, -0.2) is 0 Å². The van der Waals surface area contributed by atoms with Gasteiger partial charge in [0.25, 0.3) is 0 Å². The second kappa shape index (κ2) is 2.69. The zero-order valence-corrected chi connectivity index (χ0v) is 4.23. The highest BCUT2D eigenvalue weighted by molar-refractivity contribution is 5.79. The summed E-state index contributed by atoms with van der Waals surface area (Å²) in [5.41, 5.74) is 5.22. The number of rotatable bonds is 1. The number of amidine groups is 1. The van der Waals surface area contributed by atoms with Crippen LogP contribution < -0.4 is 5.73 Å². The van der Waals surface area contributed by atoms with E-state index in [1.54, 1.807) is 7.05 Å². The van der Waals surface area contributed by atoms with Crippen molar-refractivity contribution in [2.24, 2.45) is 10.7 Å². The van der Waals surface area contributed by atoms with Crippen LogP contribution in [0.3, 0.4) is 0 Å². The van der Waals surface area contributed by atoms with Crippen LogP contribution in [-0.2, 0) is 0 Å². The van der Waals surface area contributed by atoms with Crippen molar-refractivity contribution in [2.45, 2.75) is 13.3 Å². The summed E-state index contributed by atoms with van der Waals surface area (Å²) >= 11 is 0. The summed E-state index contributed by atoms with van der Waals surface area (Å²) in [4.78, 5) is 3.70. The van der Waals surface area contributed by atoms with Crippen molar-refractivity contribution < 1.29 is 0 Å². The van der Waals surface area contributed by atoms with E-state index in [-0.39, 0.29) is 0 Å². The van der Waals surface area contributed by atoms with E-state index < -0.39 is 0 Å². The molecule has 0 amide bonds. The van der Waals surface area contributed by atoms with Crippen LogP contribution in [0.2, 0.25) is 0 Å². The molecule has 0 saturated heterocycles. The lowest BCUT2D eigenvalue weighted by Gasteiger charge is -1.85. The van der Waals surface area contributed by atoms with Crippen molar-refractivity contribution in [1.29, 1.82) is 0 Å². The van der Waals surface area contributed by atoms with Crippen molar-refractivity contribution in [3.05, 3.63) is 0 Å². The van der Waals surface area contributed by atoms with Crippen molar-refractivity contribution in [3.63, 3.8) is 0 Å². The SMILES string of the molecule is CC/C(N)=N/C. The summed E-state index contributed by atoms with van der Waals surface area (Å²) < 4.78 is 0. The zero-order chi connectivity index (χ0) is 4.99. The molecule has 2 nitrogen and oxygen atoms in total. The highest BCUT2D eigenvalue weighted by Gasteiger charge is 1.75. The topological polar surface area (TPSA) is 38.4 Å². The normalized spacial score (nSPS) is 12.0. The molecule has 36 valence electrons. The summed E-state index contributed by atoms with van der Waals surface area (Å²) in [5, 5.41) is 0. The highest BCUT2D eigenvalue weighted by atomic mass is 14.8. The van der Waals surface area contributed by atoms with Crippen LogP contribution in [0.5, 0.6) is 0 Å². The summed E-state index contributed by atoms with van der Waals surface area (Å²) in [6, 6.07) is 0. The van der Waals surface area contributed by atoms with Gasteiger partial charge in [0.2, 0.25) is 0 Å². The molecule has 0 aliphatic carbocycles. The molecule has 2 N–H and O–H groups in total. The molecular formula is C4H10N2. The molecule has 0 heterocycles. The molecule has 0 saturated carbocycles. The fraction of sp³-hybridized carbons (Fsp3) is 0.750. The molecule has 0 bridgehead atoms. The third-order valence-electron chi connectivity index (χ3n) is 0.649. The van der Waals surface area contributed by atoms with Gasteiger partial charge in [-0.3, -0.25) is 4.99 Å². The largest absolute Gasteiger partial charge is 0.387 e. The minimum absolute atomic E-state index is 0.718. The molecule has 2 heteroatoms. The van der Waals surface area contributed by atoms with Gasteiger partial charge < -0.3 is 5.73 Å². The second-order valence-corrected chi connectivity index (χ2v) is 1.07. The molecular weight excluding hydrogens is 76.1 g/mol. The van der Waals surface area contributed by atoms with Crippen LogP contribution in [0.1, 0.15) is 13.3 Å². The molecule has 0 aliphatic heterocycles. The predicted octanol–water partition coefficient (Wildman–Crippen LogP) is 0.383. The molecule has 0 radical (unpaired) electrons. The monoisotopic (exact) mass is 86.1 g/mol. The lowest BCUT2D eigenvalue weighted by atomic mass is 10.5. The Hall–Kier alpha value is -0.530. The number of hydrogen-bond acceptors (Lipinski definition) is 1. The molecule has 0 spiro atoms. The van der Waals surface area contributed by atoms with E-state index in [1.807, 2.05) is 6.92 Å². The lowest BCUT2D eigenvalue weighted by molar-refractivity contribution is 1.22. The third kappa shape index (κ3) is 1.76. The molecule has 0 aromatic heterocycles. The Morgan fingerprint density at radius 2 is 2.33 bits per heavy atom. The van der Waals surface area contributed by atoms with E-state index in [2.05, 4.69) is 4.99 Å². The van der Waals surface area contributed by atoms with E-state index in [4.69, 9.17) is 5.73 Å². The number of nitrogens with zero attached hydrogens (tertiary/aromatic N) is 1. The highest BCUT2D eigenvalue weighted by Crippen LogP contribution is 1.70. The molecule has 0 rings (SSSR count). The first-order valence-corrected chi connectivity index (χ1v) is 2.02. The Bertz CT molecular complexity index is 56.6. The predicted molar refractivity (Wildman–Crippen MR) is 27.8 cm³/mol. The molecule has 0 aromatic rings. The van der Waals surface area contributed by atoms with E-state index >= 15 is 0 Å². The van der Waals surface area contributed by atoms with Crippen LogP contribution >= 0.6 is 0 Å². The van der Waals surface area contributed by atoms with Gasteiger partial charge in [0.1, 0.15) is 0 Å². The molecule has 0 fully saturated rings. The van der Waals surface area contributed by atoms with Gasteiger partial charge in [-0.1, -0.05) is 6.92 Å². The second-order valence-electron chi connectivity index (χ2n) is 1.07. The van der Waals surface area contributed by atoms with Gasteiger partial charge in [-0.2, -0.15) is 0 Å². The van der Waals surface area contributed by atoms with E-state index in [0.717, 1.165) is 12.3 Å². The Morgan fingerprint density at radius 3 is 2.33 bits per heavy atom. The van der Waals surface area contributed by atoms with E-state index in [9.17, 15) is 0 Å². The van der Waals surface area contributed by atoms with Gasteiger partial charge in [0.15, 0.2) is 0 Å². The maximum Gasteiger partial charge on any atom is 0.0930 e. The lowest BCUT2D eigenvalue weighted by Crippen LogP contribution is -2.08. The average Bonchev–Trinajstić information content (AvgIpc) is 1.65. The number of hydrogen-bond donors (Lipinski definition) is 1. The minimum Gasteiger partial charge on any atom is -0.387 e. The van der Waals surface area contributed by atoms with Crippen molar-refractivity contribution in [3.8, 4) is 0 Å². The first kappa shape index (κ1) is 5.47. The van der Waals surface area contributed by atoms with Crippen LogP contribution in [0.25, 0.3) is 0 Å². The van der Waals surface area contributed by atoms with Gasteiger partial charge in [0.05, 0.1) is 5.84 Å². The standard InChI is InChI=1S/C4H10N2/c1-3-4(5)6-2/h3H2,1-2H3,(H2,5,6). The smallest absolute Gasteiger partial charge is 0.0930 e. The van der Waals surface area contributed by atoms with E-state index in [0.29, 0.717) is 0 Å². The first-order chi connectivity index (χ1) is 2.81. The third-order valence-corrected chi connectivity index (χ3v) is 0.649. The molecule has 0 aromatic carbocycles. The summed E-state index contributed by atoms with van der Waals surface area (Å²) in [6.45, 7) is 1.97. The van der Waals surface area contributed by atoms with Crippen LogP contribution in [0.4, 0.5) is 0 Å². The Kier molecular flexibility index (Phi) is 2.46. The Morgan fingerprint density at radius 1 is 1.83 bits per heavy atom. The van der Waals surface area contributed by atoms with Crippen molar-refractivity contribution in [1.82, 2.24) is 0 Å². The fourth-order valence-corrected chi connectivity index (χ4v) is 0.158. The Labute approximate surface area is 38.1 Å². The number of nitrogens with two attached hydrogens (primary N) is 1. The first-order valence-electron chi connectivity index (χ1n) is 2.02. The average molecular weight is 86.1 g/mol. The summed E-state index contributed by atoms with van der Waals surface area (Å²) in [6.07, 6.45) is 0.858. The Balaban J connectivity index is 3.22. The van der Waals surface area contributed by atoms with Gasteiger partial charge in [-0.05, 0) is 0 Å². The fourth-order valence-electron chi connectivity index (χ4n) is 0.158. The molecule has 0 atom stereocenters. The van der Waals surface area contributed by atoms with Crippen LogP contribution in [0, 0.1) is 0 Å².